The molecule has 0 bridgehead atoms. The molecule has 0 saturated carbocycles. The third-order valence-corrected chi connectivity index (χ3v) is 3.62. The molecule has 2 aliphatic rings. The second kappa shape index (κ2) is 7.06. The topological polar surface area (TPSA) is 77.4 Å². The van der Waals surface area contributed by atoms with Crippen molar-refractivity contribution < 1.29 is 29.2 Å². The number of rotatable bonds is 6. The minimum atomic E-state index is -0.463. The summed E-state index contributed by atoms with van der Waals surface area (Å²) in [6.45, 7) is 0.396. The molecule has 2 aliphatic heterocycles. The van der Waals surface area contributed by atoms with Crippen molar-refractivity contribution in [2.45, 2.75) is 49.3 Å². The summed E-state index contributed by atoms with van der Waals surface area (Å²) in [5.74, 6) is 0. The van der Waals surface area contributed by atoms with Gasteiger partial charge in [0, 0.05) is 12.0 Å². The van der Waals surface area contributed by atoms with Crippen LogP contribution in [0.3, 0.4) is 0 Å². The molecule has 2 heterocycles. The van der Waals surface area contributed by atoms with Crippen LogP contribution in [0.25, 0.3) is 0 Å². The fourth-order valence-electron chi connectivity index (χ4n) is 2.64. The molecule has 8 heteroatoms. The summed E-state index contributed by atoms with van der Waals surface area (Å²) in [6.07, 6.45) is 0.269. The van der Waals surface area contributed by atoms with E-state index in [1.807, 2.05) is 15.7 Å². The van der Waals surface area contributed by atoms with Crippen LogP contribution in [0.1, 0.15) is 12.8 Å². The van der Waals surface area contributed by atoms with Gasteiger partial charge in [0.1, 0.15) is 34.7 Å². The minimum Gasteiger partial charge on any atom is -0.394 e. The van der Waals surface area contributed by atoms with Gasteiger partial charge in [-0.2, -0.15) is 0 Å². The number of ether oxygens (including phenoxy) is 4. The average molecular weight is 272 g/mol. The number of hydrogen-bond donors (Lipinski definition) is 2. The maximum atomic E-state index is 9.69. The highest BCUT2D eigenvalue weighted by atomic mass is 16.7. The van der Waals surface area contributed by atoms with Crippen molar-refractivity contribution in [2.75, 3.05) is 20.0 Å². The van der Waals surface area contributed by atoms with Crippen LogP contribution >= 0.6 is 0 Å². The van der Waals surface area contributed by atoms with Gasteiger partial charge in [-0.3, -0.25) is 0 Å². The summed E-state index contributed by atoms with van der Waals surface area (Å²) in [5.41, 5.74) is 0. The molecule has 0 aliphatic carbocycles. The summed E-state index contributed by atoms with van der Waals surface area (Å²) in [5, 5.41) is 18.8. The van der Waals surface area contributed by atoms with E-state index in [1.54, 1.807) is 0 Å². The van der Waals surface area contributed by atoms with Crippen molar-refractivity contribution in [1.29, 1.82) is 0 Å². The van der Waals surface area contributed by atoms with E-state index in [4.69, 9.17) is 24.1 Å². The van der Waals surface area contributed by atoms with Crippen LogP contribution in [0.15, 0.2) is 0 Å². The fourth-order valence-corrected chi connectivity index (χ4v) is 2.64. The van der Waals surface area contributed by atoms with Crippen molar-refractivity contribution in [3.05, 3.63) is 0 Å². The predicted octanol–water partition coefficient (Wildman–Crippen LogP) is -2.80. The molecule has 6 nitrogen and oxygen atoms in total. The Morgan fingerprint density at radius 3 is 2.42 bits per heavy atom. The number of aliphatic hydroxyl groups excluding tert-OH is 2. The first kappa shape index (κ1) is 15.3. The molecule has 19 heavy (non-hydrogen) atoms. The molecule has 108 valence electrons. The maximum Gasteiger partial charge on any atom is 0.147 e. The zero-order valence-corrected chi connectivity index (χ0v) is 11.5. The van der Waals surface area contributed by atoms with E-state index in [2.05, 4.69) is 0 Å². The van der Waals surface area contributed by atoms with E-state index < -0.39 is 6.10 Å². The third-order valence-electron chi connectivity index (χ3n) is 3.62. The molecular weight excluding hydrogens is 250 g/mol. The summed E-state index contributed by atoms with van der Waals surface area (Å²) in [6, 6.07) is 0.176. The van der Waals surface area contributed by atoms with Crippen molar-refractivity contribution in [1.82, 2.24) is 0 Å². The van der Waals surface area contributed by atoms with E-state index in [-0.39, 0.29) is 43.7 Å². The van der Waals surface area contributed by atoms with Crippen LogP contribution in [0.5, 0.6) is 0 Å². The van der Waals surface area contributed by atoms with Crippen molar-refractivity contribution in [3.63, 3.8) is 0 Å². The van der Waals surface area contributed by atoms with Gasteiger partial charge in [0.15, 0.2) is 0 Å². The molecule has 0 aromatic heterocycles. The molecule has 0 spiro atoms. The Bertz CT molecular complexity index is 282. The Morgan fingerprint density at radius 2 is 1.79 bits per heavy atom. The van der Waals surface area contributed by atoms with Crippen molar-refractivity contribution in [3.8, 4) is 0 Å². The lowest BCUT2D eigenvalue weighted by Gasteiger charge is -2.18. The van der Waals surface area contributed by atoms with Gasteiger partial charge in [0.2, 0.25) is 0 Å². The lowest BCUT2D eigenvalue weighted by molar-refractivity contribution is -0.135. The number of hydrogen-bond acceptors (Lipinski definition) is 6. The molecule has 0 aromatic carbocycles. The SMILES string of the molecule is B[C@H]1CC(O)[C@@H](COCOC2C[C@H](B)O[C@@H]2CO)O1. The molecule has 6 atom stereocenters. The summed E-state index contributed by atoms with van der Waals surface area (Å²) in [7, 11) is 3.89. The lowest BCUT2D eigenvalue weighted by Crippen LogP contribution is -2.31. The van der Waals surface area contributed by atoms with E-state index in [9.17, 15) is 5.11 Å². The first-order chi connectivity index (χ1) is 9.10. The lowest BCUT2D eigenvalue weighted by atomic mass is 9.96. The third kappa shape index (κ3) is 4.18. The van der Waals surface area contributed by atoms with Gasteiger partial charge in [-0.15, -0.1) is 0 Å². The minimum absolute atomic E-state index is 0.0447. The molecule has 2 fully saturated rings. The highest BCUT2D eigenvalue weighted by molar-refractivity contribution is 6.11. The summed E-state index contributed by atoms with van der Waals surface area (Å²) >= 11 is 0. The van der Waals surface area contributed by atoms with E-state index in [0.29, 0.717) is 13.0 Å². The largest absolute Gasteiger partial charge is 0.394 e. The molecule has 2 saturated heterocycles. The zero-order valence-electron chi connectivity index (χ0n) is 11.5. The first-order valence-electron chi connectivity index (χ1n) is 6.89. The van der Waals surface area contributed by atoms with Crippen LogP contribution in [-0.2, 0) is 18.9 Å². The summed E-state index contributed by atoms with van der Waals surface area (Å²) < 4.78 is 21.9. The Morgan fingerprint density at radius 1 is 1.11 bits per heavy atom. The quantitative estimate of drug-likeness (QED) is 0.309. The Balaban J connectivity index is 1.61. The van der Waals surface area contributed by atoms with Crippen LogP contribution in [0, 0.1) is 0 Å². The van der Waals surface area contributed by atoms with Crippen LogP contribution < -0.4 is 0 Å². The average Bonchev–Trinajstić information content (AvgIpc) is 2.87. The van der Waals surface area contributed by atoms with Crippen molar-refractivity contribution in [2.24, 2.45) is 0 Å². The molecule has 2 unspecified atom stereocenters. The van der Waals surface area contributed by atoms with Crippen LogP contribution in [0.4, 0.5) is 0 Å². The predicted molar refractivity (Wildman–Crippen MR) is 72.4 cm³/mol. The van der Waals surface area contributed by atoms with Crippen LogP contribution in [0.2, 0.25) is 0 Å². The van der Waals surface area contributed by atoms with Crippen molar-refractivity contribution >= 4 is 15.7 Å². The second-order valence-electron chi connectivity index (χ2n) is 5.39. The highest BCUT2D eigenvalue weighted by Crippen LogP contribution is 2.22. The van der Waals surface area contributed by atoms with E-state index in [0.717, 1.165) is 6.42 Å². The maximum absolute atomic E-state index is 9.69. The van der Waals surface area contributed by atoms with Gasteiger partial charge in [0.05, 0.1) is 25.4 Å². The monoisotopic (exact) mass is 272 g/mol. The van der Waals surface area contributed by atoms with Gasteiger partial charge in [-0.1, -0.05) is 0 Å². The highest BCUT2D eigenvalue weighted by Gasteiger charge is 2.34. The van der Waals surface area contributed by atoms with Gasteiger partial charge in [-0.25, -0.2) is 0 Å². The molecule has 0 amide bonds. The Hall–Kier alpha value is -0.110. The normalized spacial score (nSPS) is 42.8. The van der Waals surface area contributed by atoms with Gasteiger partial charge >= 0.3 is 0 Å². The van der Waals surface area contributed by atoms with E-state index >= 15 is 0 Å². The van der Waals surface area contributed by atoms with Crippen LogP contribution in [-0.4, -0.2) is 82.3 Å². The van der Waals surface area contributed by atoms with Gasteiger partial charge in [-0.05, 0) is 12.8 Å². The second-order valence-corrected chi connectivity index (χ2v) is 5.39. The zero-order chi connectivity index (χ0) is 13.8. The summed E-state index contributed by atoms with van der Waals surface area (Å²) in [4.78, 5) is 0. The van der Waals surface area contributed by atoms with Gasteiger partial charge in [0.25, 0.3) is 0 Å². The van der Waals surface area contributed by atoms with Gasteiger partial charge < -0.3 is 29.2 Å². The Kier molecular flexibility index (Phi) is 5.68. The number of aliphatic hydroxyl groups is 2. The molecule has 2 rings (SSSR count). The molecule has 2 N–H and O–H groups in total. The Labute approximate surface area is 115 Å². The smallest absolute Gasteiger partial charge is 0.147 e. The fraction of sp³-hybridized carbons (Fsp3) is 1.00. The van der Waals surface area contributed by atoms with E-state index in [1.165, 1.54) is 0 Å². The molecule has 0 aromatic rings. The molecule has 0 radical (unpaired) electrons. The standard InChI is InChI=1S/C11H22B2O6/c12-10-1-6(15)9(19-10)4-16-5-17-7-2-11(13)18-8(7)3-14/h6-11,14-15H,1-5,12-13H2/t6?,7?,8-,9-,10-,11-/m1/s1. The first-order valence-corrected chi connectivity index (χ1v) is 6.89. The molecular formula is C11H22B2O6.